The molecule has 16 heavy (non-hydrogen) atoms. The van der Waals surface area contributed by atoms with Crippen LogP contribution in [0, 0.1) is 0 Å². The average molecular weight is 305 g/mol. The summed E-state index contributed by atoms with van der Waals surface area (Å²) < 4.78 is 5.62. The Balaban J connectivity index is 1.86. The lowest BCUT2D eigenvalue weighted by atomic mass is 10.1. The molecule has 2 unspecified atom stereocenters. The van der Waals surface area contributed by atoms with E-state index in [0.29, 0.717) is 10.9 Å². The molecule has 1 aliphatic heterocycles. The summed E-state index contributed by atoms with van der Waals surface area (Å²) in [7, 11) is 0. The summed E-state index contributed by atoms with van der Waals surface area (Å²) in [5.41, 5.74) is 1.15. The molecule has 1 aliphatic rings. The van der Waals surface area contributed by atoms with Gasteiger partial charge in [-0.3, -0.25) is 4.98 Å². The minimum atomic E-state index is 0.421. The van der Waals surface area contributed by atoms with Crippen LogP contribution in [0.25, 0.3) is 0 Å². The van der Waals surface area contributed by atoms with Crippen molar-refractivity contribution in [3.8, 4) is 0 Å². The van der Waals surface area contributed by atoms with Crippen molar-refractivity contribution in [3.63, 3.8) is 0 Å². The number of hydrogen-bond donors (Lipinski definition) is 0. The number of hydrogen-bond acceptors (Lipinski definition) is 2. The Hall–Kier alpha value is -0.120. The summed E-state index contributed by atoms with van der Waals surface area (Å²) in [5.74, 6) is 0. The van der Waals surface area contributed by atoms with E-state index in [1.54, 1.807) is 12.4 Å². The van der Waals surface area contributed by atoms with Crippen LogP contribution in [0.4, 0.5) is 0 Å². The van der Waals surface area contributed by atoms with E-state index in [-0.39, 0.29) is 0 Å². The zero-order valence-corrected chi connectivity index (χ0v) is 11.4. The largest absolute Gasteiger partial charge is 0.378 e. The topological polar surface area (TPSA) is 22.1 Å². The predicted molar refractivity (Wildman–Crippen MR) is 69.3 cm³/mol. The van der Waals surface area contributed by atoms with Crippen molar-refractivity contribution in [2.75, 3.05) is 6.61 Å². The Morgan fingerprint density at radius 2 is 2.50 bits per heavy atom. The SMILES string of the molecule is Clc1cnccc1CC(Br)CC1CCCO1. The van der Waals surface area contributed by atoms with Gasteiger partial charge in [0.1, 0.15) is 0 Å². The molecule has 0 bridgehead atoms. The van der Waals surface area contributed by atoms with Crippen molar-refractivity contribution in [2.24, 2.45) is 0 Å². The molecule has 4 heteroatoms. The second kappa shape index (κ2) is 5.99. The van der Waals surface area contributed by atoms with Gasteiger partial charge in [-0.25, -0.2) is 0 Å². The van der Waals surface area contributed by atoms with Crippen LogP contribution >= 0.6 is 27.5 Å². The third-order valence-electron chi connectivity index (χ3n) is 2.84. The van der Waals surface area contributed by atoms with Crippen LogP contribution in [0.3, 0.4) is 0 Å². The Kier molecular flexibility index (Phi) is 4.62. The summed E-state index contributed by atoms with van der Waals surface area (Å²) in [6.45, 7) is 0.917. The zero-order chi connectivity index (χ0) is 11.4. The van der Waals surface area contributed by atoms with Crippen molar-refractivity contribution in [2.45, 2.75) is 36.6 Å². The summed E-state index contributed by atoms with van der Waals surface area (Å²) in [6.07, 6.45) is 8.27. The summed E-state index contributed by atoms with van der Waals surface area (Å²) in [6, 6.07) is 1.98. The van der Waals surface area contributed by atoms with E-state index in [0.717, 1.165) is 30.0 Å². The van der Waals surface area contributed by atoms with E-state index < -0.39 is 0 Å². The van der Waals surface area contributed by atoms with Crippen molar-refractivity contribution in [3.05, 3.63) is 29.0 Å². The number of rotatable bonds is 4. The van der Waals surface area contributed by atoms with E-state index in [2.05, 4.69) is 20.9 Å². The minimum absolute atomic E-state index is 0.421. The summed E-state index contributed by atoms with van der Waals surface area (Å²) in [4.78, 5) is 4.41. The van der Waals surface area contributed by atoms with E-state index in [4.69, 9.17) is 16.3 Å². The number of halogens is 2. The van der Waals surface area contributed by atoms with Gasteiger partial charge in [0.15, 0.2) is 0 Å². The molecule has 2 heterocycles. The highest BCUT2D eigenvalue weighted by Crippen LogP contribution is 2.24. The first-order valence-electron chi connectivity index (χ1n) is 5.60. The van der Waals surface area contributed by atoms with E-state index >= 15 is 0 Å². The Labute approximate surface area is 109 Å². The highest BCUT2D eigenvalue weighted by molar-refractivity contribution is 9.09. The lowest BCUT2D eigenvalue weighted by Crippen LogP contribution is -2.14. The minimum Gasteiger partial charge on any atom is -0.378 e. The number of aromatic nitrogens is 1. The molecule has 0 N–H and O–H groups in total. The standard InChI is InChI=1S/C12H15BrClNO/c13-10(7-11-2-1-5-16-11)6-9-3-4-15-8-12(9)14/h3-4,8,10-11H,1-2,5-7H2. The summed E-state index contributed by atoms with van der Waals surface area (Å²) >= 11 is 9.77. The molecule has 1 aromatic rings. The van der Waals surface area contributed by atoms with Crippen molar-refractivity contribution in [1.29, 1.82) is 0 Å². The normalized spacial score (nSPS) is 22.2. The van der Waals surface area contributed by atoms with Crippen LogP contribution in [0.5, 0.6) is 0 Å². The van der Waals surface area contributed by atoms with E-state index in [1.807, 2.05) is 6.07 Å². The fourth-order valence-electron chi connectivity index (χ4n) is 2.01. The average Bonchev–Trinajstić information content (AvgIpc) is 2.74. The number of ether oxygens (including phenoxy) is 1. The maximum absolute atomic E-state index is 6.07. The molecule has 1 aromatic heterocycles. The van der Waals surface area contributed by atoms with Crippen LogP contribution in [-0.2, 0) is 11.2 Å². The molecule has 0 saturated carbocycles. The first-order valence-corrected chi connectivity index (χ1v) is 6.89. The van der Waals surface area contributed by atoms with Gasteiger partial charge in [0, 0.05) is 23.8 Å². The molecule has 2 rings (SSSR count). The second-order valence-corrected chi connectivity index (χ2v) is 5.84. The number of pyridine rings is 1. The quantitative estimate of drug-likeness (QED) is 0.793. The molecule has 0 spiro atoms. The van der Waals surface area contributed by atoms with E-state index in [1.165, 1.54) is 12.8 Å². The van der Waals surface area contributed by atoms with Crippen molar-refractivity contribution in [1.82, 2.24) is 4.98 Å². The smallest absolute Gasteiger partial charge is 0.0621 e. The fraction of sp³-hybridized carbons (Fsp3) is 0.583. The lowest BCUT2D eigenvalue weighted by molar-refractivity contribution is 0.104. The fourth-order valence-corrected chi connectivity index (χ4v) is 2.97. The highest BCUT2D eigenvalue weighted by atomic mass is 79.9. The third kappa shape index (κ3) is 3.44. The maximum Gasteiger partial charge on any atom is 0.0621 e. The molecular formula is C12H15BrClNO. The van der Waals surface area contributed by atoms with Crippen LogP contribution in [0.15, 0.2) is 18.5 Å². The molecule has 0 aromatic carbocycles. The molecule has 0 aliphatic carbocycles. The molecule has 1 saturated heterocycles. The highest BCUT2D eigenvalue weighted by Gasteiger charge is 2.19. The molecule has 2 atom stereocenters. The van der Waals surface area contributed by atoms with Gasteiger partial charge < -0.3 is 4.74 Å². The molecule has 0 radical (unpaired) electrons. The van der Waals surface area contributed by atoms with Crippen LogP contribution in [0.1, 0.15) is 24.8 Å². The maximum atomic E-state index is 6.07. The Morgan fingerprint density at radius 1 is 1.62 bits per heavy atom. The van der Waals surface area contributed by atoms with Gasteiger partial charge in [-0.05, 0) is 37.3 Å². The summed E-state index contributed by atoms with van der Waals surface area (Å²) in [5, 5.41) is 0.749. The molecular weight excluding hydrogens is 289 g/mol. The molecule has 1 fully saturated rings. The first-order chi connectivity index (χ1) is 7.75. The Morgan fingerprint density at radius 3 is 3.19 bits per heavy atom. The van der Waals surface area contributed by atoms with Gasteiger partial charge in [-0.2, -0.15) is 0 Å². The van der Waals surface area contributed by atoms with E-state index in [9.17, 15) is 0 Å². The van der Waals surface area contributed by atoms with Gasteiger partial charge in [-0.1, -0.05) is 27.5 Å². The van der Waals surface area contributed by atoms with Gasteiger partial charge >= 0.3 is 0 Å². The monoisotopic (exact) mass is 303 g/mol. The molecule has 88 valence electrons. The van der Waals surface area contributed by atoms with Crippen LogP contribution < -0.4 is 0 Å². The van der Waals surface area contributed by atoms with Gasteiger partial charge in [0.05, 0.1) is 11.1 Å². The van der Waals surface area contributed by atoms with Crippen molar-refractivity contribution < 1.29 is 4.74 Å². The number of nitrogens with zero attached hydrogens (tertiary/aromatic N) is 1. The zero-order valence-electron chi connectivity index (χ0n) is 9.03. The van der Waals surface area contributed by atoms with Crippen LogP contribution in [-0.4, -0.2) is 22.5 Å². The second-order valence-electron chi connectivity index (χ2n) is 4.14. The van der Waals surface area contributed by atoms with Gasteiger partial charge in [0.25, 0.3) is 0 Å². The van der Waals surface area contributed by atoms with Gasteiger partial charge in [0.2, 0.25) is 0 Å². The lowest BCUT2D eigenvalue weighted by Gasteiger charge is -2.15. The Bertz CT molecular complexity index is 342. The molecule has 0 amide bonds. The van der Waals surface area contributed by atoms with Gasteiger partial charge in [-0.15, -0.1) is 0 Å². The third-order valence-corrected chi connectivity index (χ3v) is 3.88. The van der Waals surface area contributed by atoms with Crippen molar-refractivity contribution >= 4 is 27.5 Å². The first kappa shape index (κ1) is 12.3. The predicted octanol–water partition coefficient (Wildman–Crippen LogP) is 3.61. The molecule has 2 nitrogen and oxygen atoms in total. The number of alkyl halides is 1. The van der Waals surface area contributed by atoms with Crippen LogP contribution in [0.2, 0.25) is 5.02 Å².